The molecule has 0 unspecified atom stereocenters. The molecule has 0 bridgehead atoms. The Morgan fingerprint density at radius 2 is 1.71 bits per heavy atom. The zero-order valence-corrected chi connectivity index (χ0v) is 15.3. The van der Waals surface area contributed by atoms with E-state index in [1.807, 2.05) is 59.3 Å². The number of nitriles is 1. The van der Waals surface area contributed by atoms with E-state index in [9.17, 15) is 5.26 Å². The summed E-state index contributed by atoms with van der Waals surface area (Å²) >= 11 is 0. The summed E-state index contributed by atoms with van der Waals surface area (Å²) in [4.78, 5) is 4.07. The summed E-state index contributed by atoms with van der Waals surface area (Å²) in [5, 5.41) is 9.50. The Bertz CT molecular complexity index is 1100. The Morgan fingerprint density at radius 1 is 0.893 bits per heavy atom. The van der Waals surface area contributed by atoms with Crippen molar-refractivity contribution in [3.63, 3.8) is 0 Å². The fraction of sp³-hybridized carbons (Fsp3) is 0.0833. The van der Waals surface area contributed by atoms with E-state index in [-0.39, 0.29) is 0 Å². The molecule has 136 valence electrons. The molecule has 0 saturated heterocycles. The molecule has 0 radical (unpaired) electrons. The van der Waals surface area contributed by atoms with Crippen molar-refractivity contribution < 1.29 is 4.74 Å². The Labute approximate surface area is 164 Å². The Kier molecular flexibility index (Phi) is 5.17. The Balaban J connectivity index is 1.62. The number of aromatic nitrogens is 2. The number of ether oxygens (including phenoxy) is 1. The number of imidazole rings is 1. The second kappa shape index (κ2) is 8.24. The second-order valence-corrected chi connectivity index (χ2v) is 6.55. The van der Waals surface area contributed by atoms with Gasteiger partial charge in [-0.05, 0) is 34.9 Å². The smallest absolute Gasteiger partial charge is 0.145 e. The molecular formula is C24H19N3O. The van der Waals surface area contributed by atoms with Crippen molar-refractivity contribution in [2.75, 3.05) is 0 Å². The van der Waals surface area contributed by atoms with Crippen molar-refractivity contribution in [1.82, 2.24) is 9.55 Å². The van der Waals surface area contributed by atoms with Crippen LogP contribution < -0.4 is 4.74 Å². The largest absolute Gasteiger partial charge is 0.456 e. The molecule has 1 heterocycles. The average Bonchev–Trinajstić information content (AvgIpc) is 3.24. The second-order valence-electron chi connectivity index (χ2n) is 6.55. The van der Waals surface area contributed by atoms with Gasteiger partial charge in [0.05, 0.1) is 11.9 Å². The van der Waals surface area contributed by atoms with E-state index in [0.717, 1.165) is 23.3 Å². The summed E-state index contributed by atoms with van der Waals surface area (Å²) in [6.45, 7) is 0.674. The summed E-state index contributed by atoms with van der Waals surface area (Å²) in [5.41, 5.74) is 3.86. The van der Waals surface area contributed by atoms with E-state index < -0.39 is 0 Å². The highest BCUT2D eigenvalue weighted by atomic mass is 16.5. The molecule has 4 rings (SSSR count). The van der Waals surface area contributed by atoms with Crippen LogP contribution >= 0.6 is 0 Å². The summed E-state index contributed by atoms with van der Waals surface area (Å²) in [5.74, 6) is 1.34. The molecule has 0 atom stereocenters. The first-order chi connectivity index (χ1) is 13.8. The average molecular weight is 365 g/mol. The van der Waals surface area contributed by atoms with Gasteiger partial charge in [-0.2, -0.15) is 5.26 Å². The van der Waals surface area contributed by atoms with E-state index in [2.05, 4.69) is 29.3 Å². The summed E-state index contributed by atoms with van der Waals surface area (Å²) in [7, 11) is 0. The van der Waals surface area contributed by atoms with Gasteiger partial charge in [-0.25, -0.2) is 4.98 Å². The fourth-order valence-electron chi connectivity index (χ4n) is 3.12. The van der Waals surface area contributed by atoms with Gasteiger partial charge in [-0.3, -0.25) is 0 Å². The minimum Gasteiger partial charge on any atom is -0.456 e. The van der Waals surface area contributed by atoms with Gasteiger partial charge in [0, 0.05) is 25.4 Å². The zero-order valence-electron chi connectivity index (χ0n) is 15.3. The molecule has 4 nitrogen and oxygen atoms in total. The molecule has 4 heteroatoms. The van der Waals surface area contributed by atoms with Gasteiger partial charge in [-0.15, -0.1) is 0 Å². The van der Waals surface area contributed by atoms with E-state index in [4.69, 9.17) is 4.74 Å². The van der Waals surface area contributed by atoms with E-state index >= 15 is 0 Å². The minimum atomic E-state index is 0.517. The van der Waals surface area contributed by atoms with Crippen molar-refractivity contribution in [2.45, 2.75) is 13.0 Å². The third-order valence-electron chi connectivity index (χ3n) is 4.52. The molecule has 0 aliphatic rings. The quantitative estimate of drug-likeness (QED) is 0.473. The fourth-order valence-corrected chi connectivity index (χ4v) is 3.12. The van der Waals surface area contributed by atoms with Crippen LogP contribution in [0.1, 0.15) is 22.3 Å². The topological polar surface area (TPSA) is 50.8 Å². The summed E-state index contributed by atoms with van der Waals surface area (Å²) in [6, 6.07) is 26.1. The van der Waals surface area contributed by atoms with Gasteiger partial charge in [-0.1, -0.05) is 54.6 Å². The monoisotopic (exact) mass is 365 g/mol. The predicted molar refractivity (Wildman–Crippen MR) is 108 cm³/mol. The van der Waals surface area contributed by atoms with Crippen molar-refractivity contribution in [2.24, 2.45) is 0 Å². The number of hydrogen-bond acceptors (Lipinski definition) is 3. The third-order valence-corrected chi connectivity index (χ3v) is 4.52. The lowest BCUT2D eigenvalue weighted by atomic mass is 10.0. The molecule has 0 aliphatic heterocycles. The van der Waals surface area contributed by atoms with Crippen LogP contribution in [0.15, 0.2) is 91.5 Å². The minimum absolute atomic E-state index is 0.517. The summed E-state index contributed by atoms with van der Waals surface area (Å²) in [6.07, 6.45) is 6.20. The SMILES string of the molecule is N#Cc1ccc(Cn2ccnc2)cc1Oc1ccccc1Cc1ccccc1. The van der Waals surface area contributed by atoms with Crippen LogP contribution in [-0.2, 0) is 13.0 Å². The van der Waals surface area contributed by atoms with Gasteiger partial charge in [0.15, 0.2) is 0 Å². The summed E-state index contributed by atoms with van der Waals surface area (Å²) < 4.78 is 8.20. The van der Waals surface area contributed by atoms with Crippen LogP contribution in [0.4, 0.5) is 0 Å². The van der Waals surface area contributed by atoms with Crippen molar-refractivity contribution in [3.05, 3.63) is 114 Å². The maximum Gasteiger partial charge on any atom is 0.145 e. The number of para-hydroxylation sites is 1. The lowest BCUT2D eigenvalue weighted by Crippen LogP contribution is -1.99. The highest BCUT2D eigenvalue weighted by Crippen LogP contribution is 2.30. The standard InChI is InChI=1S/C24H19N3O/c25-16-22-11-10-20(17-27-13-12-26-18-27)15-24(22)28-23-9-5-4-8-21(23)14-19-6-2-1-3-7-19/h1-13,15,18H,14,17H2. The van der Waals surface area contributed by atoms with Gasteiger partial charge in [0.2, 0.25) is 0 Å². The van der Waals surface area contributed by atoms with E-state index in [0.29, 0.717) is 17.9 Å². The molecule has 3 aromatic carbocycles. The highest BCUT2D eigenvalue weighted by Gasteiger charge is 2.10. The van der Waals surface area contributed by atoms with Crippen molar-refractivity contribution >= 4 is 0 Å². The maximum atomic E-state index is 9.50. The van der Waals surface area contributed by atoms with Crippen LogP contribution in [0.25, 0.3) is 0 Å². The molecule has 0 N–H and O–H groups in total. The number of nitrogens with zero attached hydrogens (tertiary/aromatic N) is 3. The number of benzene rings is 3. The first-order valence-electron chi connectivity index (χ1n) is 9.10. The zero-order chi connectivity index (χ0) is 19.2. The van der Waals surface area contributed by atoms with Crippen LogP contribution in [-0.4, -0.2) is 9.55 Å². The predicted octanol–water partition coefficient (Wildman–Crippen LogP) is 5.19. The van der Waals surface area contributed by atoms with Gasteiger partial charge < -0.3 is 9.30 Å². The lowest BCUT2D eigenvalue weighted by Gasteiger charge is -2.14. The molecular weight excluding hydrogens is 346 g/mol. The molecule has 28 heavy (non-hydrogen) atoms. The first-order valence-corrected chi connectivity index (χ1v) is 9.10. The number of hydrogen-bond donors (Lipinski definition) is 0. The van der Waals surface area contributed by atoms with Crippen LogP contribution in [0.2, 0.25) is 0 Å². The normalized spacial score (nSPS) is 10.4. The van der Waals surface area contributed by atoms with E-state index in [1.165, 1.54) is 5.56 Å². The molecule has 0 spiro atoms. The molecule has 1 aromatic heterocycles. The van der Waals surface area contributed by atoms with Crippen molar-refractivity contribution in [1.29, 1.82) is 5.26 Å². The lowest BCUT2D eigenvalue weighted by molar-refractivity contribution is 0.475. The highest BCUT2D eigenvalue weighted by molar-refractivity contribution is 5.49. The van der Waals surface area contributed by atoms with Gasteiger partial charge in [0.25, 0.3) is 0 Å². The van der Waals surface area contributed by atoms with Crippen LogP contribution in [0.3, 0.4) is 0 Å². The van der Waals surface area contributed by atoms with Crippen LogP contribution in [0, 0.1) is 11.3 Å². The maximum absolute atomic E-state index is 9.50. The molecule has 0 aliphatic carbocycles. The third kappa shape index (κ3) is 4.11. The Morgan fingerprint density at radius 3 is 2.50 bits per heavy atom. The Hall–Kier alpha value is -3.84. The van der Waals surface area contributed by atoms with Crippen LogP contribution in [0.5, 0.6) is 11.5 Å². The van der Waals surface area contributed by atoms with E-state index in [1.54, 1.807) is 18.6 Å². The first kappa shape index (κ1) is 17.6. The molecule has 4 aromatic rings. The van der Waals surface area contributed by atoms with Gasteiger partial charge >= 0.3 is 0 Å². The van der Waals surface area contributed by atoms with Gasteiger partial charge in [0.1, 0.15) is 17.6 Å². The van der Waals surface area contributed by atoms with Crippen molar-refractivity contribution in [3.8, 4) is 17.6 Å². The molecule has 0 saturated carbocycles. The molecule has 0 fully saturated rings. The molecule has 0 amide bonds. The number of rotatable bonds is 6.